The van der Waals surface area contributed by atoms with Crippen molar-refractivity contribution in [3.05, 3.63) is 70.8 Å². The molecule has 0 spiro atoms. The second-order valence-electron chi connectivity index (χ2n) is 19.5. The molecule has 0 aliphatic heterocycles. The molecule has 0 aromatic heterocycles. The summed E-state index contributed by atoms with van der Waals surface area (Å²) in [7, 11) is -3.64. The van der Waals surface area contributed by atoms with Crippen LogP contribution in [0, 0.1) is 0 Å². The zero-order chi connectivity index (χ0) is 46.0. The van der Waals surface area contributed by atoms with Gasteiger partial charge in [0.25, 0.3) is 0 Å². The average molecular weight is 1000 g/mol. The van der Waals surface area contributed by atoms with Crippen molar-refractivity contribution in [2.45, 2.75) is 211 Å². The molecule has 0 fully saturated rings. The maximum absolute atomic E-state index is 13.5. The van der Waals surface area contributed by atoms with E-state index in [9.17, 15) is 10.2 Å². The van der Waals surface area contributed by atoms with Crippen LogP contribution < -0.4 is 98.1 Å². The van der Waals surface area contributed by atoms with Gasteiger partial charge >= 0.3 is 75.4 Å². The fourth-order valence-electron chi connectivity index (χ4n) is 8.68. The second kappa shape index (κ2) is 40.8. The molecule has 0 heterocycles. The van der Waals surface area contributed by atoms with E-state index in [1.165, 1.54) is 11.1 Å². The van der Waals surface area contributed by atoms with Gasteiger partial charge in [-0.25, -0.2) is 0 Å². The van der Waals surface area contributed by atoms with Crippen LogP contribution in [0.3, 0.4) is 0 Å². The van der Waals surface area contributed by atoms with Gasteiger partial charge in [-0.05, 0) is 170 Å². The number of hydrogen-bond donors (Lipinski definition) is 0. The molecule has 4 unspecified atom stereocenters. The van der Waals surface area contributed by atoms with Crippen LogP contribution in [-0.4, -0.2) is 88.6 Å². The average Bonchev–Trinajstić information content (AvgIpc) is 3.16. The summed E-state index contributed by atoms with van der Waals surface area (Å²) in [5.41, 5.74) is 0.315. The molecule has 382 valence electrons. The molecule has 4 atom stereocenters. The molecule has 0 saturated carbocycles. The van der Waals surface area contributed by atoms with Crippen molar-refractivity contribution in [2.75, 3.05) is 52.4 Å². The molecule has 0 amide bonds. The Kier molecular flexibility index (Phi) is 51.7. The minimum Gasteiger partial charge on any atom is -1.00 e. The normalized spacial score (nSPS) is 14.7. The van der Waals surface area contributed by atoms with Gasteiger partial charge in [-0.15, -0.1) is 12.4 Å². The molecule has 0 aliphatic rings. The molecule has 0 N–H and O–H groups in total. The van der Waals surface area contributed by atoms with Gasteiger partial charge in [0.05, 0.1) is 0 Å². The van der Waals surface area contributed by atoms with Gasteiger partial charge in [-0.2, -0.15) is 0 Å². The van der Waals surface area contributed by atoms with E-state index in [4.69, 9.17) is 8.85 Å². The Labute approximate surface area is 487 Å². The van der Waals surface area contributed by atoms with Crippen LogP contribution in [-0.2, 0) is 31.8 Å². The first-order valence-electron chi connectivity index (χ1n) is 23.9. The molecule has 16 heteroatoms. The number of nitrogens with zero attached hydrogens (tertiary/aromatic N) is 4. The van der Waals surface area contributed by atoms with E-state index in [0.717, 1.165) is 104 Å². The van der Waals surface area contributed by atoms with E-state index in [1.807, 2.05) is 34.1 Å². The van der Waals surface area contributed by atoms with Crippen LogP contribution in [0.1, 0.15) is 173 Å². The van der Waals surface area contributed by atoms with Crippen molar-refractivity contribution in [1.82, 2.24) is 19.6 Å². The largest absolute Gasteiger partial charge is 1.00 e. The van der Waals surface area contributed by atoms with Gasteiger partial charge in [-0.1, -0.05) is 127 Å². The summed E-state index contributed by atoms with van der Waals surface area (Å²) in [6, 6.07) is 16.6. The van der Waals surface area contributed by atoms with Crippen molar-refractivity contribution >= 4 is 29.0 Å². The molecule has 2 aromatic rings. The van der Waals surface area contributed by atoms with Crippen LogP contribution in [0.4, 0.5) is 0 Å². The van der Waals surface area contributed by atoms with E-state index in [-0.39, 0.29) is 117 Å². The predicted octanol–water partition coefficient (Wildman–Crippen LogP) is -2.20. The smallest absolute Gasteiger partial charge is 1.00 e. The molecule has 0 saturated heterocycles. The molecule has 0 radical (unpaired) electrons. The summed E-state index contributed by atoms with van der Waals surface area (Å²) in [4.78, 5) is 9.09. The van der Waals surface area contributed by atoms with Crippen LogP contribution >= 0.6 is 12.4 Å². The molecule has 68 heavy (non-hydrogen) atoms. The minimum atomic E-state index is -1.82. The Morgan fingerprint density at radius 2 is 0.618 bits per heavy atom. The second-order valence-corrected chi connectivity index (χ2v) is 28.3. The first kappa shape index (κ1) is 86.2. The monoisotopic (exact) mass is 1000 g/mol. The Bertz CT molecular complexity index is 1400. The summed E-state index contributed by atoms with van der Waals surface area (Å²) in [5, 5.41) is 27.0. The van der Waals surface area contributed by atoms with Gasteiger partial charge in [0, 0.05) is 26.2 Å². The fraction of sp³-hybridized carbons (Fsp3) is 0.769. The molecular weight excluding hydrogens is 899 g/mol. The van der Waals surface area contributed by atoms with E-state index in [1.54, 1.807) is 13.8 Å². The van der Waals surface area contributed by atoms with Crippen LogP contribution in [0.2, 0.25) is 39.3 Å². The van der Waals surface area contributed by atoms with Gasteiger partial charge < -0.3 is 42.7 Å². The minimum absolute atomic E-state index is 0. The van der Waals surface area contributed by atoms with E-state index >= 15 is 0 Å². The maximum atomic E-state index is 13.5. The van der Waals surface area contributed by atoms with Crippen LogP contribution in [0.5, 0.6) is 0 Å². The fourth-order valence-corrected chi connectivity index (χ4v) is 11.6. The summed E-state index contributed by atoms with van der Waals surface area (Å²) in [5.74, 6) is 0. The zero-order valence-electron chi connectivity index (χ0n) is 48.1. The van der Waals surface area contributed by atoms with E-state index in [2.05, 4.69) is 143 Å². The number of rotatable bonds is 28. The maximum Gasteiger partial charge on any atom is 1.00 e. The SMILES string of the molecule is C.C.CCCN(CCC)C(C)(O[Si](C)(C)C)c1cccc(C(C)(O[Si](C)(C)C)N(CCC)CCC)c1.CCCN(CCC)C(C)([O-])c1cccc(C(C)([O-])N(CCC)CCC)c1.Cl.[Cl-].[H-].[Li+].[Li+].[Li+].[Li+]. The molecule has 2 rings (SSSR count). The van der Waals surface area contributed by atoms with Crippen molar-refractivity contribution in [1.29, 1.82) is 0 Å². The van der Waals surface area contributed by atoms with Gasteiger partial charge in [-0.3, -0.25) is 9.80 Å². The third kappa shape index (κ3) is 26.8. The summed E-state index contributed by atoms with van der Waals surface area (Å²) >= 11 is 0. The number of halogens is 2. The number of hydrogen-bond acceptors (Lipinski definition) is 8. The number of benzene rings is 2. The third-order valence-electron chi connectivity index (χ3n) is 11.2. The molecule has 8 nitrogen and oxygen atoms in total. The summed E-state index contributed by atoms with van der Waals surface area (Å²) in [6.07, 6.45) is 8.22. The molecule has 2 aromatic carbocycles. The van der Waals surface area contributed by atoms with Gasteiger partial charge in [0.15, 0.2) is 16.6 Å². The summed E-state index contributed by atoms with van der Waals surface area (Å²) in [6.45, 7) is 46.5. The predicted molar refractivity (Wildman–Crippen MR) is 282 cm³/mol. The van der Waals surface area contributed by atoms with E-state index in [0.29, 0.717) is 11.1 Å². The molecular formula is C52H104Cl2Li4N4O4Si2. The van der Waals surface area contributed by atoms with Gasteiger partial charge in [0.1, 0.15) is 11.4 Å². The quantitative estimate of drug-likeness (QED) is 0.0704. The Morgan fingerprint density at radius 3 is 0.824 bits per heavy atom. The summed E-state index contributed by atoms with van der Waals surface area (Å²) < 4.78 is 14.0. The third-order valence-corrected chi connectivity index (χ3v) is 13.3. The van der Waals surface area contributed by atoms with Crippen molar-refractivity contribution < 1.29 is 108 Å². The first-order chi connectivity index (χ1) is 27.9. The Balaban J connectivity index is -0.000000135. The van der Waals surface area contributed by atoms with Crippen molar-refractivity contribution in [3.8, 4) is 0 Å². The Morgan fingerprint density at radius 1 is 0.426 bits per heavy atom. The van der Waals surface area contributed by atoms with Crippen LogP contribution in [0.25, 0.3) is 0 Å². The van der Waals surface area contributed by atoms with Gasteiger partial charge in [0.2, 0.25) is 0 Å². The van der Waals surface area contributed by atoms with Crippen LogP contribution in [0.15, 0.2) is 48.5 Å². The first-order valence-corrected chi connectivity index (χ1v) is 30.8. The molecule has 0 aliphatic carbocycles. The Hall–Kier alpha value is 1.52. The standard InChI is InChI=1S/C28H56N2O2Si2.C22H38N2O2.2CH4.2ClH.4Li.H/c1-13-20-29(21-14-2)27(5,31-33(7,8)9)25-18-17-19-26(24-25)28(6,32-34(10,11)12)30(22-15-3)23-16-4;1-7-14-23(15-8-2)21(5,25)19-12-11-13-20(18-19)22(6,26)24(16-9-3)17-10-4;;;;;;;;;/h17-19,24H,13-16,20-23H2,1-12H3;11-13,18H,7-10,14-17H2,1-6H3;2*1H4;2*1H;;;;;/q;-2;;;;;4*+1;-1/p-1. The van der Waals surface area contributed by atoms with Crippen molar-refractivity contribution in [2.24, 2.45) is 0 Å². The topological polar surface area (TPSA) is 77.5 Å². The van der Waals surface area contributed by atoms with E-state index < -0.39 is 39.5 Å². The molecule has 0 bridgehead atoms. The van der Waals surface area contributed by atoms with Crippen molar-refractivity contribution in [3.63, 3.8) is 0 Å². The zero-order valence-corrected chi connectivity index (χ0v) is 50.7.